The zero-order valence-electron chi connectivity index (χ0n) is 12.8. The maximum atomic E-state index is 12.1. The van der Waals surface area contributed by atoms with Gasteiger partial charge in [0, 0.05) is 31.3 Å². The lowest BCUT2D eigenvalue weighted by atomic mass is 10.3. The number of hydrogen-bond donors (Lipinski definition) is 1. The van der Waals surface area contributed by atoms with Gasteiger partial charge in [0.1, 0.15) is 11.5 Å². The number of nitrogens with zero attached hydrogens (tertiary/aromatic N) is 3. The molecule has 0 unspecified atom stereocenters. The molecule has 7 heteroatoms. The Morgan fingerprint density at radius 1 is 1.18 bits per heavy atom. The fourth-order valence-electron chi connectivity index (χ4n) is 2.31. The van der Waals surface area contributed by atoms with Crippen LogP contribution in [-0.4, -0.2) is 33.7 Å². The molecule has 2 aromatic heterocycles. The fourth-order valence-corrected chi connectivity index (χ4v) is 2.31. The van der Waals surface area contributed by atoms with Crippen LogP contribution < -0.4 is 5.32 Å². The molecule has 2 aromatic rings. The molecule has 118 valence electrons. The van der Waals surface area contributed by atoms with Gasteiger partial charge in [0.2, 0.25) is 5.91 Å². The predicted molar refractivity (Wildman–Crippen MR) is 77.8 cm³/mol. The number of hydrogen-bond acceptors (Lipinski definition) is 6. The Labute approximate surface area is 128 Å². The van der Waals surface area contributed by atoms with Crippen LogP contribution in [0, 0.1) is 13.8 Å². The van der Waals surface area contributed by atoms with Gasteiger partial charge in [-0.3, -0.25) is 9.69 Å². The van der Waals surface area contributed by atoms with Gasteiger partial charge in [-0.2, -0.15) is 0 Å². The third kappa shape index (κ3) is 4.17. The van der Waals surface area contributed by atoms with Crippen LogP contribution in [-0.2, 0) is 17.9 Å². The molecular formula is C15H20N4O3. The Hall–Kier alpha value is -2.15. The van der Waals surface area contributed by atoms with Crippen LogP contribution in [0.25, 0.3) is 0 Å². The van der Waals surface area contributed by atoms with Crippen LogP contribution in [0.15, 0.2) is 21.2 Å². The minimum absolute atomic E-state index is 0.0305. The number of carbonyl (C=O) groups excluding carboxylic acids is 1. The molecule has 0 spiro atoms. The summed E-state index contributed by atoms with van der Waals surface area (Å²) < 4.78 is 10.2. The maximum absolute atomic E-state index is 12.1. The average Bonchev–Trinajstić information content (AvgIpc) is 3.02. The quantitative estimate of drug-likeness (QED) is 0.835. The summed E-state index contributed by atoms with van der Waals surface area (Å²) in [5.41, 5.74) is 1.61. The van der Waals surface area contributed by atoms with E-state index in [4.69, 9.17) is 9.05 Å². The van der Waals surface area contributed by atoms with Crippen molar-refractivity contribution in [1.82, 2.24) is 20.5 Å². The van der Waals surface area contributed by atoms with E-state index in [1.165, 1.54) is 0 Å². The van der Waals surface area contributed by atoms with Gasteiger partial charge < -0.3 is 14.4 Å². The van der Waals surface area contributed by atoms with E-state index >= 15 is 0 Å². The van der Waals surface area contributed by atoms with Crippen LogP contribution in [0.3, 0.4) is 0 Å². The first-order valence-corrected chi connectivity index (χ1v) is 7.44. The van der Waals surface area contributed by atoms with Gasteiger partial charge in [0.05, 0.1) is 17.9 Å². The molecule has 0 aliphatic heterocycles. The minimum Gasteiger partial charge on any atom is -0.361 e. The van der Waals surface area contributed by atoms with Crippen molar-refractivity contribution in [2.24, 2.45) is 0 Å². The molecule has 1 fully saturated rings. The molecule has 1 saturated carbocycles. The second-order valence-corrected chi connectivity index (χ2v) is 5.84. The number of rotatable bonds is 7. The second-order valence-electron chi connectivity index (χ2n) is 5.84. The number of amides is 1. The highest BCUT2D eigenvalue weighted by Gasteiger charge is 2.24. The van der Waals surface area contributed by atoms with Crippen LogP contribution in [0.1, 0.15) is 35.7 Å². The first kappa shape index (κ1) is 14.8. The minimum atomic E-state index is 0.0305. The number of aryl methyl sites for hydroxylation is 2. The molecule has 1 aliphatic carbocycles. The standard InChI is InChI=1S/C15H20N4O3/c1-10-5-13(17-21-10)7-19(8-14-6-11(2)22-18-14)9-15(20)16-12-3-4-12/h5-6,12H,3-4,7-9H2,1-2H3,(H,16,20). The van der Waals surface area contributed by atoms with Crippen molar-refractivity contribution >= 4 is 5.91 Å². The molecule has 3 rings (SSSR count). The van der Waals surface area contributed by atoms with Crippen molar-refractivity contribution in [3.8, 4) is 0 Å². The SMILES string of the molecule is Cc1cc(CN(CC(=O)NC2CC2)Cc2cc(C)on2)no1. The highest BCUT2D eigenvalue weighted by Crippen LogP contribution is 2.18. The van der Waals surface area contributed by atoms with Gasteiger partial charge in [-0.05, 0) is 26.7 Å². The lowest BCUT2D eigenvalue weighted by Gasteiger charge is -2.19. The van der Waals surface area contributed by atoms with Gasteiger partial charge >= 0.3 is 0 Å². The van der Waals surface area contributed by atoms with Gasteiger partial charge in [0.25, 0.3) is 0 Å². The molecule has 1 N–H and O–H groups in total. The van der Waals surface area contributed by atoms with E-state index in [0.717, 1.165) is 35.7 Å². The van der Waals surface area contributed by atoms with Gasteiger partial charge in [0.15, 0.2) is 0 Å². The van der Waals surface area contributed by atoms with E-state index in [1.54, 1.807) is 0 Å². The molecule has 0 radical (unpaired) electrons. The summed E-state index contributed by atoms with van der Waals surface area (Å²) in [5, 5.41) is 11.0. The van der Waals surface area contributed by atoms with Crippen LogP contribution >= 0.6 is 0 Å². The van der Waals surface area contributed by atoms with E-state index in [-0.39, 0.29) is 5.91 Å². The molecule has 22 heavy (non-hydrogen) atoms. The molecule has 1 aliphatic rings. The van der Waals surface area contributed by atoms with Crippen LogP contribution in [0.5, 0.6) is 0 Å². The van der Waals surface area contributed by atoms with E-state index in [1.807, 2.05) is 30.9 Å². The Kier molecular flexibility index (Phi) is 4.24. The molecule has 1 amide bonds. The maximum Gasteiger partial charge on any atom is 0.234 e. The third-order valence-electron chi connectivity index (χ3n) is 3.43. The third-order valence-corrected chi connectivity index (χ3v) is 3.43. The summed E-state index contributed by atoms with van der Waals surface area (Å²) in [7, 11) is 0. The Morgan fingerprint density at radius 3 is 2.14 bits per heavy atom. The molecule has 2 heterocycles. The fraction of sp³-hybridized carbons (Fsp3) is 0.533. The van der Waals surface area contributed by atoms with E-state index < -0.39 is 0 Å². The lowest BCUT2D eigenvalue weighted by Crippen LogP contribution is -2.37. The van der Waals surface area contributed by atoms with Gasteiger partial charge in [-0.15, -0.1) is 0 Å². The lowest BCUT2D eigenvalue weighted by molar-refractivity contribution is -0.122. The zero-order chi connectivity index (χ0) is 15.5. The summed E-state index contributed by atoms with van der Waals surface area (Å²) in [4.78, 5) is 14.0. The Bertz CT molecular complexity index is 603. The van der Waals surface area contributed by atoms with Crippen molar-refractivity contribution in [3.05, 3.63) is 35.0 Å². The molecular weight excluding hydrogens is 284 g/mol. The molecule has 0 saturated heterocycles. The first-order chi connectivity index (χ1) is 10.6. The molecule has 0 atom stereocenters. The van der Waals surface area contributed by atoms with Gasteiger partial charge in [-0.25, -0.2) is 0 Å². The number of carbonyl (C=O) groups is 1. The summed E-state index contributed by atoms with van der Waals surface area (Å²) in [6.07, 6.45) is 2.16. The normalized spacial score (nSPS) is 14.5. The topological polar surface area (TPSA) is 84.4 Å². The number of nitrogens with one attached hydrogen (secondary N) is 1. The molecule has 0 aromatic carbocycles. The van der Waals surface area contributed by atoms with E-state index in [2.05, 4.69) is 15.6 Å². The summed E-state index contributed by atoms with van der Waals surface area (Å²) in [6, 6.07) is 4.11. The Balaban J connectivity index is 1.64. The van der Waals surface area contributed by atoms with Crippen molar-refractivity contribution in [3.63, 3.8) is 0 Å². The summed E-state index contributed by atoms with van der Waals surface area (Å²) in [6.45, 7) is 5.06. The van der Waals surface area contributed by atoms with E-state index in [9.17, 15) is 4.79 Å². The highest BCUT2D eigenvalue weighted by atomic mass is 16.5. The molecule has 7 nitrogen and oxygen atoms in total. The van der Waals surface area contributed by atoms with Crippen molar-refractivity contribution in [2.45, 2.75) is 45.8 Å². The average molecular weight is 304 g/mol. The van der Waals surface area contributed by atoms with Crippen LogP contribution in [0.4, 0.5) is 0 Å². The van der Waals surface area contributed by atoms with Crippen LogP contribution in [0.2, 0.25) is 0 Å². The zero-order valence-corrected chi connectivity index (χ0v) is 12.8. The van der Waals surface area contributed by atoms with Crippen molar-refractivity contribution in [1.29, 1.82) is 0 Å². The summed E-state index contributed by atoms with van der Waals surface area (Å²) >= 11 is 0. The van der Waals surface area contributed by atoms with E-state index in [0.29, 0.717) is 25.7 Å². The second kappa shape index (κ2) is 6.31. The largest absolute Gasteiger partial charge is 0.361 e. The first-order valence-electron chi connectivity index (χ1n) is 7.44. The molecule has 0 bridgehead atoms. The monoisotopic (exact) mass is 304 g/mol. The van der Waals surface area contributed by atoms with Crippen molar-refractivity contribution < 1.29 is 13.8 Å². The van der Waals surface area contributed by atoms with Gasteiger partial charge in [-0.1, -0.05) is 10.3 Å². The summed E-state index contributed by atoms with van der Waals surface area (Å²) in [5.74, 6) is 1.55. The highest BCUT2D eigenvalue weighted by molar-refractivity contribution is 5.78. The predicted octanol–water partition coefficient (Wildman–Crippen LogP) is 1.56. The smallest absolute Gasteiger partial charge is 0.234 e. The van der Waals surface area contributed by atoms with Crippen molar-refractivity contribution in [2.75, 3.05) is 6.54 Å². The Morgan fingerprint density at radius 2 is 1.73 bits per heavy atom. The number of aromatic nitrogens is 2.